The average Bonchev–Trinajstić information content (AvgIpc) is 2.94. The summed E-state index contributed by atoms with van der Waals surface area (Å²) in [6.07, 6.45) is 2.33. The van der Waals surface area contributed by atoms with E-state index < -0.39 is 9.84 Å². The van der Waals surface area contributed by atoms with Gasteiger partial charge in [0.2, 0.25) is 9.84 Å². The smallest absolute Gasteiger partial charge is 0.206 e. The number of piperidine rings is 1. The molecule has 0 unspecified atom stereocenters. The van der Waals surface area contributed by atoms with Crippen molar-refractivity contribution in [3.8, 4) is 0 Å². The lowest BCUT2D eigenvalue weighted by molar-refractivity contribution is 0.248. The lowest BCUT2D eigenvalue weighted by Crippen LogP contribution is -2.44. The second-order valence-electron chi connectivity index (χ2n) is 8.54. The van der Waals surface area contributed by atoms with Gasteiger partial charge >= 0.3 is 0 Å². The monoisotopic (exact) mass is 384 g/mol. The van der Waals surface area contributed by atoms with Crippen LogP contribution in [0.2, 0.25) is 0 Å². The summed E-state index contributed by atoms with van der Waals surface area (Å²) in [6, 6.07) is 15.0. The van der Waals surface area contributed by atoms with Gasteiger partial charge < -0.3 is 9.80 Å². The molecule has 2 aliphatic heterocycles. The molecule has 0 atom stereocenters. The molecule has 1 fully saturated rings. The van der Waals surface area contributed by atoms with Crippen molar-refractivity contribution in [3.63, 3.8) is 0 Å². The van der Waals surface area contributed by atoms with Crippen LogP contribution in [0, 0.1) is 0 Å². The number of nitrogens with zero attached hydrogens (tertiary/aromatic N) is 2. The molecule has 2 heterocycles. The van der Waals surface area contributed by atoms with E-state index in [1.54, 1.807) is 30.3 Å². The van der Waals surface area contributed by atoms with Crippen LogP contribution in [0.3, 0.4) is 0 Å². The molecular weight excluding hydrogens is 356 g/mol. The summed E-state index contributed by atoms with van der Waals surface area (Å²) < 4.78 is 26.1. The molecule has 4 nitrogen and oxygen atoms in total. The largest absolute Gasteiger partial charge is 0.367 e. The topological polar surface area (TPSA) is 40.6 Å². The van der Waals surface area contributed by atoms with Gasteiger partial charge in [0, 0.05) is 23.7 Å². The van der Waals surface area contributed by atoms with E-state index in [0.717, 1.165) is 38.0 Å². The Morgan fingerprint density at radius 2 is 1.63 bits per heavy atom. The third kappa shape index (κ3) is 3.27. The van der Waals surface area contributed by atoms with Gasteiger partial charge in [-0.25, -0.2) is 8.42 Å². The summed E-state index contributed by atoms with van der Waals surface area (Å²) >= 11 is 0. The van der Waals surface area contributed by atoms with E-state index in [9.17, 15) is 8.42 Å². The number of hydrogen-bond acceptors (Lipinski definition) is 4. The Balaban J connectivity index is 1.71. The molecule has 0 spiro atoms. The van der Waals surface area contributed by atoms with Crippen LogP contribution in [0.1, 0.15) is 32.3 Å². The third-order valence-corrected chi connectivity index (χ3v) is 7.83. The first-order valence-electron chi connectivity index (χ1n) is 9.69. The van der Waals surface area contributed by atoms with E-state index in [2.05, 4.69) is 30.7 Å². The van der Waals surface area contributed by atoms with Gasteiger partial charge in [0.15, 0.2) is 0 Å². The zero-order valence-electron chi connectivity index (χ0n) is 16.4. The number of fused-ring (bicyclic) bond motifs is 1. The molecule has 0 saturated carbocycles. The molecule has 0 bridgehead atoms. The number of sulfone groups is 1. The Kier molecular flexibility index (Phi) is 4.55. The molecule has 27 heavy (non-hydrogen) atoms. The van der Waals surface area contributed by atoms with E-state index >= 15 is 0 Å². The summed E-state index contributed by atoms with van der Waals surface area (Å²) in [4.78, 5) is 5.65. The van der Waals surface area contributed by atoms with Crippen LogP contribution >= 0.6 is 0 Å². The SMILES string of the molecule is CN1CCC(N2CC(C)(C)c3cc(S(=O)(=O)c4ccccc4)ccc32)CC1. The molecule has 2 aromatic carbocycles. The molecule has 0 amide bonds. The first-order chi connectivity index (χ1) is 12.8. The van der Waals surface area contributed by atoms with Crippen LogP contribution in [0.4, 0.5) is 5.69 Å². The highest BCUT2D eigenvalue weighted by atomic mass is 32.2. The second kappa shape index (κ2) is 6.64. The van der Waals surface area contributed by atoms with Crippen molar-refractivity contribution in [2.75, 3.05) is 31.6 Å². The Bertz CT molecular complexity index is 930. The zero-order chi connectivity index (χ0) is 19.2. The van der Waals surface area contributed by atoms with Gasteiger partial charge in [-0.3, -0.25) is 0 Å². The maximum Gasteiger partial charge on any atom is 0.206 e. The predicted octanol–water partition coefficient (Wildman–Crippen LogP) is 3.71. The Morgan fingerprint density at radius 1 is 0.963 bits per heavy atom. The number of likely N-dealkylation sites (tertiary alicyclic amines) is 1. The fourth-order valence-electron chi connectivity index (χ4n) is 4.44. The van der Waals surface area contributed by atoms with E-state index in [4.69, 9.17) is 0 Å². The van der Waals surface area contributed by atoms with Gasteiger partial charge in [0.05, 0.1) is 9.79 Å². The highest BCUT2D eigenvalue weighted by Gasteiger charge is 2.39. The molecule has 2 aromatic rings. The van der Waals surface area contributed by atoms with E-state index in [0.29, 0.717) is 15.8 Å². The standard InChI is InChI=1S/C22H28N2O2S/c1-22(2)16-24(17-11-13-23(3)14-12-17)21-10-9-19(15-20(21)22)27(25,26)18-7-5-4-6-8-18/h4-10,15,17H,11-14,16H2,1-3H3. The lowest BCUT2D eigenvalue weighted by atomic mass is 9.87. The summed E-state index contributed by atoms with van der Waals surface area (Å²) in [6.45, 7) is 7.64. The van der Waals surface area contributed by atoms with Crippen LogP contribution < -0.4 is 4.90 Å². The van der Waals surface area contributed by atoms with Gasteiger partial charge in [-0.15, -0.1) is 0 Å². The summed E-state index contributed by atoms with van der Waals surface area (Å²) in [5, 5.41) is 0. The van der Waals surface area contributed by atoms with Gasteiger partial charge in [-0.1, -0.05) is 32.0 Å². The minimum Gasteiger partial charge on any atom is -0.367 e. The Labute approximate surface area is 162 Å². The molecule has 144 valence electrons. The first kappa shape index (κ1) is 18.5. The van der Waals surface area contributed by atoms with E-state index in [-0.39, 0.29) is 5.41 Å². The van der Waals surface area contributed by atoms with Crippen LogP contribution in [0.5, 0.6) is 0 Å². The molecular formula is C22H28N2O2S. The fraction of sp³-hybridized carbons (Fsp3) is 0.455. The van der Waals surface area contributed by atoms with Crippen molar-refractivity contribution in [1.82, 2.24) is 4.90 Å². The minimum atomic E-state index is -3.49. The van der Waals surface area contributed by atoms with Crippen molar-refractivity contribution < 1.29 is 8.42 Å². The Morgan fingerprint density at radius 3 is 2.30 bits per heavy atom. The van der Waals surface area contributed by atoms with Crippen molar-refractivity contribution in [2.45, 2.75) is 47.9 Å². The quantitative estimate of drug-likeness (QED) is 0.809. The molecule has 2 aliphatic rings. The summed E-state index contributed by atoms with van der Waals surface area (Å²) in [5.74, 6) is 0. The van der Waals surface area contributed by atoms with Crippen LogP contribution in [0.15, 0.2) is 58.3 Å². The molecule has 0 aliphatic carbocycles. The summed E-state index contributed by atoms with van der Waals surface area (Å²) in [7, 11) is -1.31. The summed E-state index contributed by atoms with van der Waals surface area (Å²) in [5.41, 5.74) is 2.31. The maximum absolute atomic E-state index is 13.0. The molecule has 4 rings (SSSR count). The van der Waals surface area contributed by atoms with Crippen LogP contribution in [-0.4, -0.2) is 46.0 Å². The first-order valence-corrected chi connectivity index (χ1v) is 11.2. The van der Waals surface area contributed by atoms with Gasteiger partial charge in [0.25, 0.3) is 0 Å². The number of rotatable bonds is 3. The molecule has 1 saturated heterocycles. The molecule has 0 radical (unpaired) electrons. The molecule has 0 N–H and O–H groups in total. The van der Waals surface area contributed by atoms with Crippen LogP contribution in [-0.2, 0) is 15.3 Å². The lowest BCUT2D eigenvalue weighted by Gasteiger charge is -2.37. The average molecular weight is 385 g/mol. The van der Waals surface area contributed by atoms with Crippen LogP contribution in [0.25, 0.3) is 0 Å². The number of benzene rings is 2. The molecule has 5 heteroatoms. The van der Waals surface area contributed by atoms with Crippen molar-refractivity contribution in [1.29, 1.82) is 0 Å². The zero-order valence-corrected chi connectivity index (χ0v) is 17.2. The van der Waals surface area contributed by atoms with Crippen molar-refractivity contribution in [2.24, 2.45) is 0 Å². The third-order valence-electron chi connectivity index (χ3n) is 6.06. The second-order valence-corrected chi connectivity index (χ2v) is 10.5. The highest BCUT2D eigenvalue weighted by molar-refractivity contribution is 7.91. The van der Waals surface area contributed by atoms with Crippen molar-refractivity contribution >= 4 is 15.5 Å². The Hall–Kier alpha value is -1.85. The van der Waals surface area contributed by atoms with Gasteiger partial charge in [-0.2, -0.15) is 0 Å². The fourth-order valence-corrected chi connectivity index (χ4v) is 5.75. The maximum atomic E-state index is 13.0. The minimum absolute atomic E-state index is 0.0547. The molecule has 0 aromatic heterocycles. The normalized spacial score (nSPS) is 20.6. The van der Waals surface area contributed by atoms with Gasteiger partial charge in [0.1, 0.15) is 0 Å². The number of anilines is 1. The predicted molar refractivity (Wildman–Crippen MR) is 109 cm³/mol. The highest BCUT2D eigenvalue weighted by Crippen LogP contribution is 2.44. The number of hydrogen-bond donors (Lipinski definition) is 0. The van der Waals surface area contributed by atoms with E-state index in [1.165, 1.54) is 5.69 Å². The van der Waals surface area contributed by atoms with E-state index in [1.807, 2.05) is 18.2 Å². The van der Waals surface area contributed by atoms with Crippen molar-refractivity contribution in [3.05, 3.63) is 54.1 Å². The van der Waals surface area contributed by atoms with Gasteiger partial charge in [-0.05, 0) is 68.9 Å².